The Bertz CT molecular complexity index is 1130. The molecule has 0 aliphatic rings. The van der Waals surface area contributed by atoms with Crippen molar-refractivity contribution in [1.29, 1.82) is 0 Å². The van der Waals surface area contributed by atoms with Gasteiger partial charge in [0.2, 0.25) is 0 Å². The fourth-order valence-corrected chi connectivity index (χ4v) is 2.99. The van der Waals surface area contributed by atoms with Crippen LogP contribution in [0.2, 0.25) is 0 Å². The van der Waals surface area contributed by atoms with Gasteiger partial charge in [-0.1, -0.05) is 30.3 Å². The van der Waals surface area contributed by atoms with Crippen LogP contribution in [0.5, 0.6) is 0 Å². The van der Waals surface area contributed by atoms with E-state index in [2.05, 4.69) is 4.98 Å². The van der Waals surface area contributed by atoms with Crippen molar-refractivity contribution in [1.82, 2.24) is 9.55 Å². The summed E-state index contributed by atoms with van der Waals surface area (Å²) in [5.74, 6) is 0.289. The molecule has 0 N–H and O–H groups in total. The molecule has 6 heteroatoms. The van der Waals surface area contributed by atoms with Crippen LogP contribution in [0.25, 0.3) is 21.9 Å². The van der Waals surface area contributed by atoms with Crippen molar-refractivity contribution in [3.05, 3.63) is 77.0 Å². The number of hydrogen-bond donors (Lipinski definition) is 0. The molecule has 2 aromatic carbocycles. The summed E-state index contributed by atoms with van der Waals surface area (Å²) in [5.41, 5.74) is 1.34. The van der Waals surface area contributed by atoms with E-state index in [1.54, 1.807) is 12.1 Å². The van der Waals surface area contributed by atoms with E-state index in [4.69, 9.17) is 9.15 Å². The van der Waals surface area contributed by atoms with Gasteiger partial charge in [-0.2, -0.15) is 0 Å². The Labute approximate surface area is 155 Å². The van der Waals surface area contributed by atoms with Gasteiger partial charge < -0.3 is 9.15 Å². The van der Waals surface area contributed by atoms with E-state index in [9.17, 15) is 9.59 Å². The van der Waals surface area contributed by atoms with Gasteiger partial charge in [0, 0.05) is 18.4 Å². The summed E-state index contributed by atoms with van der Waals surface area (Å²) in [7, 11) is 0. The molecule has 0 saturated carbocycles. The molecule has 0 saturated heterocycles. The van der Waals surface area contributed by atoms with Gasteiger partial charge in [-0.05, 0) is 30.7 Å². The lowest BCUT2D eigenvalue weighted by Crippen LogP contribution is -2.21. The first-order valence-electron chi connectivity index (χ1n) is 8.78. The summed E-state index contributed by atoms with van der Waals surface area (Å²) in [6.07, 6.45) is 2.24. The molecule has 4 rings (SSSR count). The number of nitrogens with zero attached hydrogens (tertiary/aromatic N) is 2. The highest BCUT2D eigenvalue weighted by atomic mass is 16.5. The van der Waals surface area contributed by atoms with Crippen molar-refractivity contribution >= 4 is 27.8 Å². The zero-order valence-corrected chi connectivity index (χ0v) is 14.6. The summed E-state index contributed by atoms with van der Waals surface area (Å²) < 4.78 is 12.4. The predicted octanol–water partition coefficient (Wildman–Crippen LogP) is 3.67. The van der Waals surface area contributed by atoms with E-state index in [1.165, 1.54) is 10.9 Å². The molecular weight excluding hydrogens is 344 g/mol. The Balaban J connectivity index is 1.30. The summed E-state index contributed by atoms with van der Waals surface area (Å²) in [6.45, 7) is 0.515. The van der Waals surface area contributed by atoms with Crippen LogP contribution >= 0.6 is 0 Å². The van der Waals surface area contributed by atoms with Gasteiger partial charge in [-0.15, -0.1) is 0 Å². The predicted molar refractivity (Wildman–Crippen MR) is 101 cm³/mol. The van der Waals surface area contributed by atoms with Gasteiger partial charge in [0.05, 0.1) is 17.2 Å². The Morgan fingerprint density at radius 3 is 2.81 bits per heavy atom. The molecule has 0 spiro atoms. The van der Waals surface area contributed by atoms with Gasteiger partial charge in [0.1, 0.15) is 18.0 Å². The van der Waals surface area contributed by atoms with Crippen LogP contribution in [-0.2, 0) is 22.7 Å². The number of furan rings is 1. The third-order valence-electron chi connectivity index (χ3n) is 4.36. The zero-order chi connectivity index (χ0) is 18.6. The number of aromatic nitrogens is 2. The molecule has 0 radical (unpaired) electrons. The highest BCUT2D eigenvalue weighted by Gasteiger charge is 2.09. The lowest BCUT2D eigenvalue weighted by atomic mass is 10.2. The molecule has 6 nitrogen and oxygen atoms in total. The molecule has 136 valence electrons. The molecule has 0 aliphatic carbocycles. The molecule has 0 amide bonds. The van der Waals surface area contributed by atoms with Crippen LogP contribution < -0.4 is 5.56 Å². The van der Waals surface area contributed by atoms with E-state index in [0.29, 0.717) is 29.6 Å². The van der Waals surface area contributed by atoms with Crippen molar-refractivity contribution < 1.29 is 13.9 Å². The number of hydrogen-bond acceptors (Lipinski definition) is 5. The van der Waals surface area contributed by atoms with Crippen molar-refractivity contribution in [2.75, 3.05) is 0 Å². The maximum absolute atomic E-state index is 12.4. The Morgan fingerprint density at radius 2 is 1.93 bits per heavy atom. The molecule has 0 aliphatic heterocycles. The standard InChI is InChI=1S/C21H18N2O4/c24-20(26-13-16-12-15-6-1-4-9-19(15)27-16)10-5-11-23-14-22-18-8-3-2-7-17(18)21(23)25/h1-4,6-9,12,14H,5,10-11,13H2. The van der Waals surface area contributed by atoms with Crippen LogP contribution in [0.4, 0.5) is 0 Å². The number of fused-ring (bicyclic) bond motifs is 2. The normalized spacial score (nSPS) is 11.1. The number of aryl methyl sites for hydroxylation is 1. The second-order valence-corrected chi connectivity index (χ2v) is 6.28. The fourth-order valence-electron chi connectivity index (χ4n) is 2.99. The molecule has 0 bridgehead atoms. The van der Waals surface area contributed by atoms with Gasteiger partial charge >= 0.3 is 5.97 Å². The quantitative estimate of drug-likeness (QED) is 0.489. The number of esters is 1. The lowest BCUT2D eigenvalue weighted by Gasteiger charge is -2.06. The van der Waals surface area contributed by atoms with E-state index in [-0.39, 0.29) is 24.6 Å². The van der Waals surface area contributed by atoms with Crippen LogP contribution in [-0.4, -0.2) is 15.5 Å². The van der Waals surface area contributed by atoms with Crippen molar-refractivity contribution in [3.63, 3.8) is 0 Å². The Morgan fingerprint density at radius 1 is 1.11 bits per heavy atom. The average molecular weight is 362 g/mol. The Kier molecular flexibility index (Phi) is 4.70. The lowest BCUT2D eigenvalue weighted by molar-refractivity contribution is -0.145. The molecule has 2 aromatic heterocycles. The van der Waals surface area contributed by atoms with E-state index >= 15 is 0 Å². The summed E-state index contributed by atoms with van der Waals surface area (Å²) in [6, 6.07) is 16.7. The molecular formula is C21H18N2O4. The first-order valence-corrected chi connectivity index (χ1v) is 8.78. The van der Waals surface area contributed by atoms with Crippen LogP contribution in [0.3, 0.4) is 0 Å². The number of para-hydroxylation sites is 2. The minimum atomic E-state index is -0.322. The van der Waals surface area contributed by atoms with Crippen LogP contribution in [0, 0.1) is 0 Å². The van der Waals surface area contributed by atoms with Crippen LogP contribution in [0.1, 0.15) is 18.6 Å². The molecule has 0 unspecified atom stereocenters. The van der Waals surface area contributed by atoms with E-state index in [0.717, 1.165) is 11.0 Å². The van der Waals surface area contributed by atoms with Crippen molar-refractivity contribution in [3.8, 4) is 0 Å². The number of rotatable bonds is 6. The number of benzene rings is 2. The SMILES string of the molecule is O=C(CCCn1cnc2ccccc2c1=O)OCc1cc2ccccc2o1. The Hall–Kier alpha value is -3.41. The number of ether oxygens (including phenoxy) is 1. The number of carbonyl (C=O) groups is 1. The molecule has 0 atom stereocenters. The van der Waals surface area contributed by atoms with E-state index < -0.39 is 0 Å². The highest BCUT2D eigenvalue weighted by molar-refractivity contribution is 5.78. The molecule has 2 heterocycles. The third kappa shape index (κ3) is 3.74. The maximum atomic E-state index is 12.4. The van der Waals surface area contributed by atoms with Gasteiger partial charge in [-0.3, -0.25) is 14.2 Å². The monoisotopic (exact) mass is 362 g/mol. The van der Waals surface area contributed by atoms with Crippen molar-refractivity contribution in [2.24, 2.45) is 0 Å². The van der Waals surface area contributed by atoms with Gasteiger partial charge in [-0.25, -0.2) is 4.98 Å². The third-order valence-corrected chi connectivity index (χ3v) is 4.36. The van der Waals surface area contributed by atoms with Crippen molar-refractivity contribution in [2.45, 2.75) is 26.0 Å². The highest BCUT2D eigenvalue weighted by Crippen LogP contribution is 2.19. The van der Waals surface area contributed by atoms with Gasteiger partial charge in [0.25, 0.3) is 5.56 Å². The topological polar surface area (TPSA) is 74.3 Å². The van der Waals surface area contributed by atoms with Crippen LogP contribution in [0.15, 0.2) is 70.1 Å². The average Bonchev–Trinajstić information content (AvgIpc) is 3.11. The summed E-state index contributed by atoms with van der Waals surface area (Å²) in [5, 5.41) is 1.55. The second kappa shape index (κ2) is 7.45. The van der Waals surface area contributed by atoms with E-state index in [1.807, 2.05) is 42.5 Å². The second-order valence-electron chi connectivity index (χ2n) is 6.28. The first kappa shape index (κ1) is 17.0. The maximum Gasteiger partial charge on any atom is 0.306 e. The fraction of sp³-hybridized carbons (Fsp3) is 0.190. The largest absolute Gasteiger partial charge is 0.457 e. The smallest absolute Gasteiger partial charge is 0.306 e. The summed E-state index contributed by atoms with van der Waals surface area (Å²) in [4.78, 5) is 28.6. The van der Waals surface area contributed by atoms with Gasteiger partial charge in [0.15, 0.2) is 0 Å². The summed E-state index contributed by atoms with van der Waals surface area (Å²) >= 11 is 0. The molecule has 27 heavy (non-hydrogen) atoms. The minimum absolute atomic E-state index is 0.101. The minimum Gasteiger partial charge on any atom is -0.457 e. The first-order chi connectivity index (χ1) is 13.2. The zero-order valence-electron chi connectivity index (χ0n) is 14.6. The number of carbonyl (C=O) groups excluding carboxylic acids is 1. The molecule has 4 aromatic rings. The molecule has 0 fully saturated rings.